The Balaban J connectivity index is 4.10. The second-order valence-electron chi connectivity index (χ2n) is 4.26. The minimum Gasteiger partial charge on any atom is -0.326 e. The van der Waals surface area contributed by atoms with E-state index in [-0.39, 0.29) is 0 Å². The summed E-state index contributed by atoms with van der Waals surface area (Å²) < 4.78 is 0.972. The molecule has 10 heavy (non-hydrogen) atoms. The van der Waals surface area contributed by atoms with Crippen molar-refractivity contribution in [1.29, 1.82) is 0 Å². The molecule has 0 aromatic rings. The monoisotopic (exact) mass is 164 g/mol. The Bertz CT molecular complexity index is 102. The van der Waals surface area contributed by atoms with Crippen LogP contribution in [0.25, 0.3) is 0 Å². The van der Waals surface area contributed by atoms with Crippen molar-refractivity contribution in [2.24, 2.45) is 0 Å². The summed E-state index contributed by atoms with van der Waals surface area (Å²) >= 11 is 5.68. The number of rotatable bonds is 3. The zero-order chi connectivity index (χ0) is 8.41. The maximum absolute atomic E-state index is 5.68. The van der Waals surface area contributed by atoms with Crippen LogP contribution in [0.1, 0.15) is 20.3 Å². The molecular weight excluding hydrogens is 146 g/mol. The summed E-state index contributed by atoms with van der Waals surface area (Å²) in [4.78, 5) is 0. The number of hydrogen-bond donors (Lipinski definition) is 0. The van der Waals surface area contributed by atoms with Gasteiger partial charge in [0.05, 0.1) is 26.7 Å². The van der Waals surface area contributed by atoms with Gasteiger partial charge in [-0.3, -0.25) is 0 Å². The van der Waals surface area contributed by atoms with Crippen LogP contribution in [0.5, 0.6) is 0 Å². The van der Waals surface area contributed by atoms with Gasteiger partial charge < -0.3 is 4.48 Å². The normalized spacial score (nSPS) is 13.8. The van der Waals surface area contributed by atoms with E-state index in [2.05, 4.69) is 35.0 Å². The standard InChI is InChI=1S/C8H19ClN/c1-8(2,6-7-9)10(3,4)5/h6-7H2,1-5H3/q+1. The molecule has 0 bridgehead atoms. The molecule has 0 spiro atoms. The van der Waals surface area contributed by atoms with Crippen molar-refractivity contribution in [3.63, 3.8) is 0 Å². The van der Waals surface area contributed by atoms with Crippen molar-refractivity contribution < 1.29 is 4.48 Å². The van der Waals surface area contributed by atoms with Crippen LogP contribution >= 0.6 is 11.6 Å². The molecule has 0 unspecified atom stereocenters. The van der Waals surface area contributed by atoms with Gasteiger partial charge >= 0.3 is 0 Å². The topological polar surface area (TPSA) is 0 Å². The quantitative estimate of drug-likeness (QED) is 0.443. The summed E-state index contributed by atoms with van der Waals surface area (Å²) in [5, 5.41) is 0. The lowest BCUT2D eigenvalue weighted by Gasteiger charge is -2.41. The number of hydrogen-bond acceptors (Lipinski definition) is 0. The van der Waals surface area contributed by atoms with Crippen LogP contribution in [0, 0.1) is 0 Å². The van der Waals surface area contributed by atoms with Crippen LogP contribution in [0.15, 0.2) is 0 Å². The van der Waals surface area contributed by atoms with Gasteiger partial charge in [0.2, 0.25) is 0 Å². The molecule has 2 heteroatoms. The van der Waals surface area contributed by atoms with Gasteiger partial charge in [0.1, 0.15) is 0 Å². The summed E-state index contributed by atoms with van der Waals surface area (Å²) in [7, 11) is 6.60. The van der Waals surface area contributed by atoms with E-state index >= 15 is 0 Å². The molecule has 0 aliphatic rings. The summed E-state index contributed by atoms with van der Waals surface area (Å²) in [6.07, 6.45) is 1.07. The Morgan fingerprint density at radius 2 is 1.60 bits per heavy atom. The van der Waals surface area contributed by atoms with Crippen LogP contribution < -0.4 is 0 Å². The maximum Gasteiger partial charge on any atom is 0.0940 e. The van der Waals surface area contributed by atoms with Crippen LogP contribution in [-0.4, -0.2) is 37.0 Å². The average molecular weight is 165 g/mol. The van der Waals surface area contributed by atoms with Gasteiger partial charge in [-0.2, -0.15) is 0 Å². The molecular formula is C8H19ClN+. The number of nitrogens with zero attached hydrogens (tertiary/aromatic N) is 1. The van der Waals surface area contributed by atoms with E-state index < -0.39 is 0 Å². The predicted octanol–water partition coefficient (Wildman–Crippen LogP) is 2.10. The summed E-state index contributed by atoms with van der Waals surface area (Å²) in [5.41, 5.74) is 0.293. The Labute approximate surface area is 69.6 Å². The van der Waals surface area contributed by atoms with E-state index in [1.807, 2.05) is 0 Å². The van der Waals surface area contributed by atoms with Gasteiger partial charge in [0.25, 0.3) is 0 Å². The second kappa shape index (κ2) is 3.10. The Morgan fingerprint density at radius 1 is 1.20 bits per heavy atom. The average Bonchev–Trinajstić information content (AvgIpc) is 1.61. The van der Waals surface area contributed by atoms with Crippen molar-refractivity contribution in [1.82, 2.24) is 0 Å². The van der Waals surface area contributed by atoms with Crippen LogP contribution in [0.2, 0.25) is 0 Å². The zero-order valence-electron chi connectivity index (χ0n) is 7.74. The third-order valence-corrected chi connectivity index (χ3v) is 2.71. The SMILES string of the molecule is CC(C)(CCCl)[N+](C)(C)C. The third kappa shape index (κ3) is 2.47. The fraction of sp³-hybridized carbons (Fsp3) is 1.00. The first-order chi connectivity index (χ1) is 4.31. The molecule has 0 fully saturated rings. The Hall–Kier alpha value is 0.250. The van der Waals surface area contributed by atoms with Crippen molar-refractivity contribution in [2.45, 2.75) is 25.8 Å². The number of alkyl halides is 1. The summed E-state index contributed by atoms with van der Waals surface area (Å²) in [5.74, 6) is 0.753. The van der Waals surface area contributed by atoms with Crippen molar-refractivity contribution >= 4 is 11.6 Å². The molecule has 62 valence electrons. The first kappa shape index (κ1) is 10.2. The highest BCUT2D eigenvalue weighted by atomic mass is 35.5. The van der Waals surface area contributed by atoms with E-state index in [4.69, 9.17) is 11.6 Å². The Kier molecular flexibility index (Phi) is 3.18. The molecule has 0 saturated carbocycles. The molecule has 0 amide bonds. The molecule has 0 aliphatic heterocycles. The molecule has 0 saturated heterocycles. The molecule has 0 aliphatic carbocycles. The van der Waals surface area contributed by atoms with E-state index in [9.17, 15) is 0 Å². The van der Waals surface area contributed by atoms with Gasteiger partial charge in [-0.25, -0.2) is 0 Å². The first-order valence-corrected chi connectivity index (χ1v) is 4.22. The van der Waals surface area contributed by atoms with E-state index in [1.165, 1.54) is 0 Å². The van der Waals surface area contributed by atoms with Gasteiger partial charge in [0, 0.05) is 12.3 Å². The second-order valence-corrected chi connectivity index (χ2v) is 4.64. The molecule has 0 radical (unpaired) electrons. The highest BCUT2D eigenvalue weighted by Crippen LogP contribution is 2.21. The lowest BCUT2D eigenvalue weighted by Crippen LogP contribution is -2.53. The maximum atomic E-state index is 5.68. The lowest BCUT2D eigenvalue weighted by atomic mass is 9.98. The van der Waals surface area contributed by atoms with E-state index in [0.717, 1.165) is 16.8 Å². The number of halogens is 1. The van der Waals surface area contributed by atoms with E-state index in [0.29, 0.717) is 5.54 Å². The summed E-state index contributed by atoms with van der Waals surface area (Å²) in [6, 6.07) is 0. The molecule has 0 aromatic carbocycles. The van der Waals surface area contributed by atoms with Crippen molar-refractivity contribution in [3.05, 3.63) is 0 Å². The van der Waals surface area contributed by atoms with Crippen LogP contribution in [-0.2, 0) is 0 Å². The molecule has 0 N–H and O–H groups in total. The van der Waals surface area contributed by atoms with Crippen LogP contribution in [0.3, 0.4) is 0 Å². The zero-order valence-corrected chi connectivity index (χ0v) is 8.50. The van der Waals surface area contributed by atoms with Gasteiger partial charge in [-0.1, -0.05) is 0 Å². The fourth-order valence-corrected chi connectivity index (χ4v) is 1.03. The highest BCUT2D eigenvalue weighted by molar-refractivity contribution is 6.17. The van der Waals surface area contributed by atoms with Crippen molar-refractivity contribution in [3.8, 4) is 0 Å². The third-order valence-electron chi connectivity index (χ3n) is 2.52. The smallest absolute Gasteiger partial charge is 0.0940 e. The van der Waals surface area contributed by atoms with E-state index in [1.54, 1.807) is 0 Å². The predicted molar refractivity (Wildman–Crippen MR) is 47.4 cm³/mol. The van der Waals surface area contributed by atoms with Gasteiger partial charge in [-0.05, 0) is 13.8 Å². The number of quaternary nitrogens is 1. The minimum atomic E-state index is 0.293. The molecule has 0 atom stereocenters. The fourth-order valence-electron chi connectivity index (χ4n) is 0.567. The van der Waals surface area contributed by atoms with Gasteiger partial charge in [0.15, 0.2) is 0 Å². The molecule has 0 rings (SSSR count). The molecule has 0 aromatic heterocycles. The van der Waals surface area contributed by atoms with Crippen molar-refractivity contribution in [2.75, 3.05) is 27.0 Å². The summed E-state index contributed by atoms with van der Waals surface area (Å²) in [6.45, 7) is 4.49. The minimum absolute atomic E-state index is 0.293. The lowest BCUT2D eigenvalue weighted by molar-refractivity contribution is -0.919. The molecule has 1 nitrogen and oxygen atoms in total. The largest absolute Gasteiger partial charge is 0.326 e. The Morgan fingerprint density at radius 3 is 1.70 bits per heavy atom. The van der Waals surface area contributed by atoms with Crippen LogP contribution in [0.4, 0.5) is 0 Å². The molecule has 0 heterocycles. The first-order valence-electron chi connectivity index (χ1n) is 3.69. The van der Waals surface area contributed by atoms with Gasteiger partial charge in [-0.15, -0.1) is 11.6 Å². The highest BCUT2D eigenvalue weighted by Gasteiger charge is 2.31.